The lowest BCUT2D eigenvalue weighted by Gasteiger charge is -2.24. The fourth-order valence-corrected chi connectivity index (χ4v) is 2.60. The molecule has 0 heterocycles. The molecule has 2 amide bonds. The van der Waals surface area contributed by atoms with Crippen molar-refractivity contribution in [3.8, 4) is 5.75 Å². The number of carbonyl (C=O) groups excluding carboxylic acids is 1. The number of para-hydroxylation sites is 1. The SMILES string of the molecule is CC(C)Oc1c(Cl)cccc1NC(=O)N(CCCCO)C1CC1. The summed E-state index contributed by atoms with van der Waals surface area (Å²) in [5.41, 5.74) is 0.587. The van der Waals surface area contributed by atoms with E-state index in [1.54, 1.807) is 18.2 Å². The topological polar surface area (TPSA) is 61.8 Å². The highest BCUT2D eigenvalue weighted by Crippen LogP contribution is 2.35. The Balaban J connectivity index is 2.07. The predicted molar refractivity (Wildman–Crippen MR) is 92.3 cm³/mol. The van der Waals surface area contributed by atoms with Crippen LogP contribution in [0.5, 0.6) is 5.75 Å². The monoisotopic (exact) mass is 340 g/mol. The number of aliphatic hydroxyl groups is 1. The summed E-state index contributed by atoms with van der Waals surface area (Å²) in [5.74, 6) is 0.503. The van der Waals surface area contributed by atoms with Gasteiger partial charge < -0.3 is 20.1 Å². The molecule has 5 nitrogen and oxygen atoms in total. The highest BCUT2D eigenvalue weighted by Gasteiger charge is 2.32. The molecule has 1 aliphatic rings. The Morgan fingerprint density at radius 1 is 1.43 bits per heavy atom. The van der Waals surface area contributed by atoms with Crippen LogP contribution in [-0.4, -0.2) is 41.3 Å². The lowest BCUT2D eigenvalue weighted by atomic mass is 10.2. The maximum absolute atomic E-state index is 12.6. The van der Waals surface area contributed by atoms with Crippen LogP contribution in [-0.2, 0) is 0 Å². The van der Waals surface area contributed by atoms with Crippen LogP contribution in [0, 0.1) is 0 Å². The quantitative estimate of drug-likeness (QED) is 0.705. The number of halogens is 1. The van der Waals surface area contributed by atoms with Crippen molar-refractivity contribution in [2.24, 2.45) is 0 Å². The zero-order valence-corrected chi connectivity index (χ0v) is 14.5. The Bertz CT molecular complexity index is 533. The number of nitrogens with zero attached hydrogens (tertiary/aromatic N) is 1. The normalized spacial score (nSPS) is 14.0. The second kappa shape index (κ2) is 8.41. The van der Waals surface area contributed by atoms with Gasteiger partial charge in [0.05, 0.1) is 16.8 Å². The van der Waals surface area contributed by atoms with Crippen LogP contribution in [0.3, 0.4) is 0 Å². The molecule has 0 aromatic heterocycles. The number of hydrogen-bond acceptors (Lipinski definition) is 3. The molecular formula is C17H25ClN2O3. The smallest absolute Gasteiger partial charge is 0.322 e. The van der Waals surface area contributed by atoms with Crippen LogP contribution in [0.15, 0.2) is 18.2 Å². The molecule has 1 aliphatic carbocycles. The molecule has 2 rings (SSSR count). The Hall–Kier alpha value is -1.46. The van der Waals surface area contributed by atoms with E-state index in [-0.39, 0.29) is 18.7 Å². The van der Waals surface area contributed by atoms with E-state index in [2.05, 4.69) is 5.32 Å². The molecule has 0 atom stereocenters. The minimum Gasteiger partial charge on any atom is -0.487 e. The van der Waals surface area contributed by atoms with Gasteiger partial charge in [0.15, 0.2) is 5.75 Å². The maximum atomic E-state index is 12.6. The van der Waals surface area contributed by atoms with E-state index in [1.807, 2.05) is 18.7 Å². The first-order valence-electron chi connectivity index (χ1n) is 8.16. The van der Waals surface area contributed by atoms with Crippen LogP contribution in [0.1, 0.15) is 39.5 Å². The van der Waals surface area contributed by atoms with Gasteiger partial charge in [-0.1, -0.05) is 17.7 Å². The number of ether oxygens (including phenoxy) is 1. The number of hydrogen-bond donors (Lipinski definition) is 2. The predicted octanol–water partition coefficient (Wildman–Crippen LogP) is 3.90. The van der Waals surface area contributed by atoms with Crippen molar-refractivity contribution >= 4 is 23.3 Å². The van der Waals surface area contributed by atoms with E-state index >= 15 is 0 Å². The molecular weight excluding hydrogens is 316 g/mol. The van der Waals surface area contributed by atoms with Gasteiger partial charge in [0.1, 0.15) is 0 Å². The number of unbranched alkanes of at least 4 members (excludes halogenated alkanes) is 1. The summed E-state index contributed by atoms with van der Waals surface area (Å²) in [6.07, 6.45) is 3.55. The lowest BCUT2D eigenvalue weighted by molar-refractivity contribution is 0.203. The van der Waals surface area contributed by atoms with Crippen LogP contribution < -0.4 is 10.1 Å². The zero-order valence-electron chi connectivity index (χ0n) is 13.7. The lowest BCUT2D eigenvalue weighted by Crippen LogP contribution is -2.37. The van der Waals surface area contributed by atoms with Crippen molar-refractivity contribution in [2.45, 2.75) is 51.7 Å². The number of carbonyl (C=O) groups is 1. The average molecular weight is 341 g/mol. The van der Waals surface area contributed by atoms with E-state index in [4.69, 9.17) is 21.4 Å². The van der Waals surface area contributed by atoms with Crippen molar-refractivity contribution in [1.82, 2.24) is 4.90 Å². The van der Waals surface area contributed by atoms with E-state index in [1.165, 1.54) is 0 Å². The van der Waals surface area contributed by atoms with Crippen molar-refractivity contribution in [1.29, 1.82) is 0 Å². The standard InChI is InChI=1S/C17H25ClN2O3/c1-12(2)23-16-14(18)6-5-7-15(16)19-17(22)20(13-8-9-13)10-3-4-11-21/h5-7,12-13,21H,3-4,8-11H2,1-2H3,(H,19,22). The number of benzene rings is 1. The van der Waals surface area contributed by atoms with Crippen molar-refractivity contribution < 1.29 is 14.6 Å². The molecule has 0 spiro atoms. The molecule has 1 aromatic rings. The second-order valence-electron chi connectivity index (χ2n) is 6.07. The molecule has 1 saturated carbocycles. The first-order valence-corrected chi connectivity index (χ1v) is 8.54. The van der Waals surface area contributed by atoms with E-state index in [0.29, 0.717) is 35.5 Å². The Kier molecular flexibility index (Phi) is 6.54. The van der Waals surface area contributed by atoms with Gasteiger partial charge in [-0.15, -0.1) is 0 Å². The third-order valence-corrected chi connectivity index (χ3v) is 3.92. The van der Waals surface area contributed by atoms with E-state index in [0.717, 1.165) is 19.3 Å². The number of rotatable bonds is 8. The van der Waals surface area contributed by atoms with E-state index in [9.17, 15) is 4.79 Å². The molecule has 23 heavy (non-hydrogen) atoms. The van der Waals surface area contributed by atoms with Crippen LogP contribution in [0.25, 0.3) is 0 Å². The number of anilines is 1. The third kappa shape index (κ3) is 5.29. The average Bonchev–Trinajstić information content (AvgIpc) is 3.31. The first-order chi connectivity index (χ1) is 11.0. The number of urea groups is 1. The minimum absolute atomic E-state index is 0.0327. The first kappa shape index (κ1) is 17.9. The molecule has 1 fully saturated rings. The molecule has 0 saturated heterocycles. The van der Waals surface area contributed by atoms with Crippen LogP contribution in [0.2, 0.25) is 5.02 Å². The van der Waals surface area contributed by atoms with Gasteiger partial charge in [-0.05, 0) is 51.7 Å². The largest absolute Gasteiger partial charge is 0.487 e. The van der Waals surface area contributed by atoms with Crippen molar-refractivity contribution in [3.63, 3.8) is 0 Å². The van der Waals surface area contributed by atoms with Gasteiger partial charge in [0.25, 0.3) is 0 Å². The molecule has 1 aromatic carbocycles. The van der Waals surface area contributed by atoms with Gasteiger partial charge >= 0.3 is 6.03 Å². The Labute approximate surface area is 142 Å². The molecule has 0 unspecified atom stereocenters. The highest BCUT2D eigenvalue weighted by atomic mass is 35.5. The fourth-order valence-electron chi connectivity index (χ4n) is 2.38. The summed E-state index contributed by atoms with van der Waals surface area (Å²) in [7, 11) is 0. The molecule has 2 N–H and O–H groups in total. The Morgan fingerprint density at radius 2 is 2.17 bits per heavy atom. The Morgan fingerprint density at radius 3 is 2.78 bits per heavy atom. The number of nitrogens with one attached hydrogen (secondary N) is 1. The van der Waals surface area contributed by atoms with Crippen LogP contribution in [0.4, 0.5) is 10.5 Å². The summed E-state index contributed by atoms with van der Waals surface area (Å²) in [6.45, 7) is 4.64. The molecule has 0 bridgehead atoms. The summed E-state index contributed by atoms with van der Waals surface area (Å²) >= 11 is 6.20. The maximum Gasteiger partial charge on any atom is 0.322 e. The number of amides is 2. The summed E-state index contributed by atoms with van der Waals surface area (Å²) in [4.78, 5) is 14.4. The van der Waals surface area contributed by atoms with Crippen LogP contribution >= 0.6 is 11.6 Å². The van der Waals surface area contributed by atoms with Gasteiger partial charge in [-0.2, -0.15) is 0 Å². The summed E-state index contributed by atoms with van der Waals surface area (Å²) in [6, 6.07) is 5.50. The molecule has 0 radical (unpaired) electrons. The van der Waals surface area contributed by atoms with E-state index < -0.39 is 0 Å². The minimum atomic E-state index is -0.138. The van der Waals surface area contributed by atoms with Gasteiger partial charge in [0.2, 0.25) is 0 Å². The van der Waals surface area contributed by atoms with Gasteiger partial charge in [-0.3, -0.25) is 0 Å². The summed E-state index contributed by atoms with van der Waals surface area (Å²) < 4.78 is 5.73. The molecule has 6 heteroatoms. The van der Waals surface area contributed by atoms with Crippen molar-refractivity contribution in [2.75, 3.05) is 18.5 Å². The second-order valence-corrected chi connectivity index (χ2v) is 6.48. The molecule has 128 valence electrons. The molecule has 0 aliphatic heterocycles. The van der Waals surface area contributed by atoms with Gasteiger partial charge in [0, 0.05) is 19.2 Å². The zero-order chi connectivity index (χ0) is 16.8. The summed E-state index contributed by atoms with van der Waals surface area (Å²) in [5, 5.41) is 12.3. The van der Waals surface area contributed by atoms with Gasteiger partial charge in [-0.25, -0.2) is 4.79 Å². The van der Waals surface area contributed by atoms with Crippen molar-refractivity contribution in [3.05, 3.63) is 23.2 Å². The third-order valence-electron chi connectivity index (χ3n) is 3.62. The highest BCUT2D eigenvalue weighted by molar-refractivity contribution is 6.32. The fraction of sp³-hybridized carbons (Fsp3) is 0.588. The number of aliphatic hydroxyl groups excluding tert-OH is 1.